The molecule has 2 rings (SSSR count). The first kappa shape index (κ1) is 18.3. The number of nitrogens with two attached hydrogens (primary N) is 2. The van der Waals surface area contributed by atoms with Crippen LogP contribution in [0.15, 0.2) is 24.3 Å². The quantitative estimate of drug-likeness (QED) is 0.654. The summed E-state index contributed by atoms with van der Waals surface area (Å²) in [5.41, 5.74) is 12.1. The van der Waals surface area contributed by atoms with Crippen molar-refractivity contribution in [3.63, 3.8) is 0 Å². The summed E-state index contributed by atoms with van der Waals surface area (Å²) in [7, 11) is 0. The van der Waals surface area contributed by atoms with Gasteiger partial charge in [0, 0.05) is 18.7 Å². The number of primary amides is 1. The van der Waals surface area contributed by atoms with Gasteiger partial charge in [-0.15, -0.1) is 12.4 Å². The van der Waals surface area contributed by atoms with Crippen LogP contribution in [0, 0.1) is 0 Å². The molecule has 1 aliphatic rings. The summed E-state index contributed by atoms with van der Waals surface area (Å²) in [6, 6.07) is 6.52. The van der Waals surface area contributed by atoms with Gasteiger partial charge in [-0.25, -0.2) is 4.79 Å². The Morgan fingerprint density at radius 3 is 2.23 bits per heavy atom. The number of amides is 3. The topological polar surface area (TPSA) is 110 Å². The molecule has 0 radical (unpaired) electrons. The lowest BCUT2D eigenvalue weighted by Gasteiger charge is -2.28. The highest BCUT2D eigenvalue weighted by Crippen LogP contribution is 2.28. The second kappa shape index (κ2) is 8.00. The lowest BCUT2D eigenvalue weighted by atomic mass is 9.97. The van der Waals surface area contributed by atoms with Gasteiger partial charge >= 0.3 is 6.03 Å². The van der Waals surface area contributed by atoms with Gasteiger partial charge in [0.15, 0.2) is 0 Å². The number of urea groups is 1. The van der Waals surface area contributed by atoms with Gasteiger partial charge in [0.1, 0.15) is 0 Å². The first-order valence-corrected chi connectivity index (χ1v) is 7.19. The third-order valence-corrected chi connectivity index (χ3v) is 4.01. The van der Waals surface area contributed by atoms with Crippen LogP contribution < -0.4 is 22.1 Å². The van der Waals surface area contributed by atoms with Crippen LogP contribution in [0.4, 0.5) is 4.79 Å². The largest absolute Gasteiger partial charge is 0.352 e. The van der Waals surface area contributed by atoms with E-state index < -0.39 is 6.03 Å². The van der Waals surface area contributed by atoms with Crippen molar-refractivity contribution in [1.29, 1.82) is 0 Å². The number of nitrogens with one attached hydrogen (secondary N) is 2. The Kier molecular flexibility index (Phi) is 6.64. The molecule has 1 aliphatic carbocycles. The maximum atomic E-state index is 12.3. The maximum Gasteiger partial charge on any atom is 0.312 e. The van der Waals surface area contributed by atoms with E-state index in [0.29, 0.717) is 18.7 Å². The van der Waals surface area contributed by atoms with Crippen LogP contribution >= 0.6 is 12.4 Å². The average molecular weight is 327 g/mol. The fraction of sp³-hybridized carbons (Fsp3) is 0.467. The van der Waals surface area contributed by atoms with Crippen LogP contribution in [0.3, 0.4) is 0 Å². The van der Waals surface area contributed by atoms with Crippen molar-refractivity contribution < 1.29 is 9.59 Å². The summed E-state index contributed by atoms with van der Waals surface area (Å²) >= 11 is 0. The molecule has 0 aliphatic heterocycles. The SMILES string of the molecule is Cl.NCC1(NC(=O)c2ccc(CNC(N)=O)cc2)CCCC1. The second-order valence-corrected chi connectivity index (χ2v) is 5.56. The number of halogens is 1. The molecule has 0 heterocycles. The molecule has 3 amide bonds. The molecule has 0 spiro atoms. The van der Waals surface area contributed by atoms with Gasteiger partial charge in [-0.2, -0.15) is 0 Å². The van der Waals surface area contributed by atoms with Crippen molar-refractivity contribution in [2.45, 2.75) is 37.8 Å². The monoisotopic (exact) mass is 326 g/mol. The predicted octanol–water partition coefficient (Wildman–Crippen LogP) is 1.28. The Bertz CT molecular complexity index is 513. The minimum atomic E-state index is -0.567. The molecule has 0 aromatic heterocycles. The number of benzene rings is 1. The summed E-state index contributed by atoms with van der Waals surface area (Å²) in [5.74, 6) is -0.100. The van der Waals surface area contributed by atoms with Gasteiger partial charge in [-0.3, -0.25) is 4.79 Å². The van der Waals surface area contributed by atoms with E-state index in [1.54, 1.807) is 24.3 Å². The number of rotatable bonds is 5. The van der Waals surface area contributed by atoms with Crippen LogP contribution in [-0.2, 0) is 6.54 Å². The minimum Gasteiger partial charge on any atom is -0.352 e. The maximum absolute atomic E-state index is 12.3. The number of hydrogen-bond acceptors (Lipinski definition) is 3. The third-order valence-electron chi connectivity index (χ3n) is 4.01. The summed E-state index contributed by atoms with van der Waals surface area (Å²) < 4.78 is 0. The smallest absolute Gasteiger partial charge is 0.312 e. The molecule has 7 heteroatoms. The van der Waals surface area contributed by atoms with E-state index in [9.17, 15) is 9.59 Å². The summed E-state index contributed by atoms with van der Waals surface area (Å²) in [6.45, 7) is 0.823. The van der Waals surface area contributed by atoms with Gasteiger partial charge in [0.25, 0.3) is 5.91 Å². The Morgan fingerprint density at radius 1 is 1.14 bits per heavy atom. The lowest BCUT2D eigenvalue weighted by molar-refractivity contribution is 0.0903. The zero-order chi connectivity index (χ0) is 15.3. The Morgan fingerprint density at radius 2 is 1.73 bits per heavy atom. The second-order valence-electron chi connectivity index (χ2n) is 5.56. The van der Waals surface area contributed by atoms with E-state index in [1.807, 2.05) is 0 Å². The molecule has 0 saturated heterocycles. The lowest BCUT2D eigenvalue weighted by Crippen LogP contribution is -2.51. The molecule has 1 fully saturated rings. The molecule has 122 valence electrons. The standard InChI is InChI=1S/C15H22N4O2.ClH/c16-10-15(7-1-2-8-15)19-13(20)12-5-3-11(4-6-12)9-18-14(17)21;/h3-6H,1-2,7-10,16H2,(H,19,20)(H3,17,18,21);1H. The first-order chi connectivity index (χ1) is 10.0. The van der Waals surface area contributed by atoms with E-state index in [1.165, 1.54) is 0 Å². The van der Waals surface area contributed by atoms with E-state index in [2.05, 4.69) is 10.6 Å². The molecule has 22 heavy (non-hydrogen) atoms. The Hall–Kier alpha value is -1.79. The van der Waals surface area contributed by atoms with Gasteiger partial charge in [0.2, 0.25) is 0 Å². The van der Waals surface area contributed by atoms with E-state index in [-0.39, 0.29) is 23.9 Å². The molecule has 1 aromatic carbocycles. The number of hydrogen-bond donors (Lipinski definition) is 4. The molecular weight excluding hydrogens is 304 g/mol. The molecule has 0 atom stereocenters. The van der Waals surface area contributed by atoms with Crippen LogP contribution in [0.2, 0.25) is 0 Å². The zero-order valence-electron chi connectivity index (χ0n) is 12.4. The first-order valence-electron chi connectivity index (χ1n) is 7.19. The number of carbonyl (C=O) groups is 2. The Balaban J connectivity index is 0.00000242. The predicted molar refractivity (Wildman–Crippen MR) is 87.8 cm³/mol. The summed E-state index contributed by atoms with van der Waals surface area (Å²) in [6.07, 6.45) is 4.09. The normalized spacial score (nSPS) is 15.7. The highest BCUT2D eigenvalue weighted by molar-refractivity contribution is 5.94. The third kappa shape index (κ3) is 4.61. The highest BCUT2D eigenvalue weighted by Gasteiger charge is 2.33. The average Bonchev–Trinajstić information content (AvgIpc) is 2.94. The fourth-order valence-corrected chi connectivity index (χ4v) is 2.71. The molecule has 6 N–H and O–H groups in total. The highest BCUT2D eigenvalue weighted by atomic mass is 35.5. The minimum absolute atomic E-state index is 0. The van der Waals surface area contributed by atoms with Crippen molar-refractivity contribution in [2.75, 3.05) is 6.54 Å². The van der Waals surface area contributed by atoms with Crippen molar-refractivity contribution >= 4 is 24.3 Å². The van der Waals surface area contributed by atoms with Crippen molar-refractivity contribution in [3.05, 3.63) is 35.4 Å². The van der Waals surface area contributed by atoms with Crippen molar-refractivity contribution in [3.8, 4) is 0 Å². The molecule has 0 unspecified atom stereocenters. The van der Waals surface area contributed by atoms with Gasteiger partial charge in [0.05, 0.1) is 5.54 Å². The zero-order valence-corrected chi connectivity index (χ0v) is 13.2. The molecule has 1 saturated carbocycles. The van der Waals surface area contributed by atoms with Gasteiger partial charge in [-0.05, 0) is 30.5 Å². The molecule has 0 bridgehead atoms. The molecule has 1 aromatic rings. The van der Waals surface area contributed by atoms with Gasteiger partial charge in [-0.1, -0.05) is 25.0 Å². The number of carbonyl (C=O) groups excluding carboxylic acids is 2. The fourth-order valence-electron chi connectivity index (χ4n) is 2.71. The summed E-state index contributed by atoms with van der Waals surface area (Å²) in [4.78, 5) is 22.9. The van der Waals surface area contributed by atoms with Crippen LogP contribution in [-0.4, -0.2) is 24.0 Å². The summed E-state index contributed by atoms with van der Waals surface area (Å²) in [5, 5.41) is 5.58. The van der Waals surface area contributed by atoms with Crippen LogP contribution in [0.1, 0.15) is 41.6 Å². The Labute approximate surface area is 136 Å². The van der Waals surface area contributed by atoms with E-state index >= 15 is 0 Å². The van der Waals surface area contributed by atoms with Crippen molar-refractivity contribution in [1.82, 2.24) is 10.6 Å². The van der Waals surface area contributed by atoms with Gasteiger partial charge < -0.3 is 22.1 Å². The molecule has 6 nitrogen and oxygen atoms in total. The van der Waals surface area contributed by atoms with Crippen molar-refractivity contribution in [2.24, 2.45) is 11.5 Å². The molecular formula is C15H23ClN4O2. The van der Waals surface area contributed by atoms with Crippen LogP contribution in [0.25, 0.3) is 0 Å². The van der Waals surface area contributed by atoms with E-state index in [4.69, 9.17) is 11.5 Å². The van der Waals surface area contributed by atoms with Crippen LogP contribution in [0.5, 0.6) is 0 Å². The van der Waals surface area contributed by atoms with E-state index in [0.717, 1.165) is 31.2 Å².